The lowest BCUT2D eigenvalue weighted by Crippen LogP contribution is -2.28. The van der Waals surface area contributed by atoms with Crippen molar-refractivity contribution in [2.75, 3.05) is 5.75 Å². The van der Waals surface area contributed by atoms with Crippen molar-refractivity contribution in [1.82, 2.24) is 5.43 Å². The highest BCUT2D eigenvalue weighted by molar-refractivity contribution is 7.98. The number of aryl methyl sites for hydroxylation is 2. The number of hydrogen-bond donors (Lipinski definition) is 2. The maximum atomic E-state index is 5.80. The van der Waals surface area contributed by atoms with Gasteiger partial charge in [-0.3, -0.25) is 5.84 Å². The summed E-state index contributed by atoms with van der Waals surface area (Å²) in [5, 5.41) is 0. The molecule has 0 spiro atoms. The van der Waals surface area contributed by atoms with E-state index in [1.807, 2.05) is 23.1 Å². The van der Waals surface area contributed by atoms with E-state index in [-0.39, 0.29) is 6.04 Å². The summed E-state index contributed by atoms with van der Waals surface area (Å²) in [5.74, 6) is 8.19. The molecule has 1 aromatic carbocycles. The molecule has 1 aliphatic heterocycles. The zero-order valence-corrected chi connectivity index (χ0v) is 12.6. The van der Waals surface area contributed by atoms with Crippen LogP contribution < -0.4 is 11.3 Å². The largest absolute Gasteiger partial charge is 0.271 e. The van der Waals surface area contributed by atoms with Crippen molar-refractivity contribution >= 4 is 23.1 Å². The fourth-order valence-corrected chi connectivity index (χ4v) is 4.97. The highest BCUT2D eigenvalue weighted by Gasteiger charge is 2.19. The summed E-state index contributed by atoms with van der Waals surface area (Å²) in [6.45, 7) is 2.12. The lowest BCUT2D eigenvalue weighted by atomic mass is 10.0. The topological polar surface area (TPSA) is 38.0 Å². The lowest BCUT2D eigenvalue weighted by molar-refractivity contribution is 0.646. The highest BCUT2D eigenvalue weighted by Crippen LogP contribution is 2.36. The molecule has 0 aliphatic carbocycles. The van der Waals surface area contributed by atoms with Crippen LogP contribution in [0.25, 0.3) is 0 Å². The van der Waals surface area contributed by atoms with Crippen LogP contribution in [-0.4, -0.2) is 5.75 Å². The maximum Gasteiger partial charge on any atom is 0.0802 e. The van der Waals surface area contributed by atoms with Gasteiger partial charge in [-0.05, 0) is 36.3 Å². The smallest absolute Gasteiger partial charge is 0.0802 e. The summed E-state index contributed by atoms with van der Waals surface area (Å²) >= 11 is 3.94. The van der Waals surface area contributed by atoms with Gasteiger partial charge in [-0.1, -0.05) is 29.8 Å². The van der Waals surface area contributed by atoms with Gasteiger partial charge in [0.1, 0.15) is 0 Å². The Morgan fingerprint density at radius 2 is 2.21 bits per heavy atom. The Balaban J connectivity index is 1.96. The van der Waals surface area contributed by atoms with Crippen LogP contribution in [0.2, 0.25) is 0 Å². The Morgan fingerprint density at radius 3 is 2.95 bits per heavy atom. The molecule has 0 amide bonds. The van der Waals surface area contributed by atoms with Crippen molar-refractivity contribution in [2.45, 2.75) is 25.1 Å². The third-order valence-corrected chi connectivity index (χ3v) is 5.78. The number of rotatable bonds is 3. The molecule has 0 fully saturated rings. The third-order valence-electron chi connectivity index (χ3n) is 3.47. The van der Waals surface area contributed by atoms with Crippen LogP contribution in [-0.2, 0) is 12.2 Å². The molecule has 1 unspecified atom stereocenters. The summed E-state index contributed by atoms with van der Waals surface area (Å²) < 4.78 is 0. The van der Waals surface area contributed by atoms with Crippen LogP contribution in [0.3, 0.4) is 0 Å². The molecular weight excluding hydrogens is 272 g/mol. The minimum atomic E-state index is 0.112. The van der Waals surface area contributed by atoms with Gasteiger partial charge in [0.2, 0.25) is 0 Å². The summed E-state index contributed by atoms with van der Waals surface area (Å²) in [6.07, 6.45) is 1.20. The Morgan fingerprint density at radius 1 is 1.32 bits per heavy atom. The van der Waals surface area contributed by atoms with E-state index in [1.54, 1.807) is 4.88 Å². The number of nitrogens with one attached hydrogen (secondary N) is 1. The standard InChI is InChI=1S/C15H18N2S2/c1-10-3-2-4-11(7-10)15(17-16)14-8-12-9-18-6-5-13(12)19-14/h2-4,7-8,15,17H,5-6,9,16H2,1H3. The number of hydrogen-bond acceptors (Lipinski definition) is 4. The van der Waals surface area contributed by atoms with Crippen molar-refractivity contribution in [3.63, 3.8) is 0 Å². The van der Waals surface area contributed by atoms with Crippen molar-refractivity contribution in [1.29, 1.82) is 0 Å². The van der Waals surface area contributed by atoms with Crippen LogP contribution in [0, 0.1) is 6.92 Å². The molecule has 0 saturated carbocycles. The molecule has 3 rings (SSSR count). The zero-order chi connectivity index (χ0) is 13.2. The second kappa shape index (κ2) is 5.67. The molecule has 1 aliphatic rings. The molecule has 1 aromatic heterocycles. The van der Waals surface area contributed by atoms with E-state index in [0.717, 1.165) is 5.75 Å². The van der Waals surface area contributed by atoms with Gasteiger partial charge in [-0.15, -0.1) is 11.3 Å². The number of nitrogens with two attached hydrogens (primary N) is 1. The fraction of sp³-hybridized carbons (Fsp3) is 0.333. The molecular formula is C15H18N2S2. The SMILES string of the molecule is Cc1cccc(C(NN)c2cc3c(s2)CCSC3)c1. The second-order valence-corrected chi connectivity index (χ2v) is 7.19. The Bertz CT molecular complexity index is 554. The summed E-state index contributed by atoms with van der Waals surface area (Å²) in [6, 6.07) is 11.0. The molecule has 0 radical (unpaired) electrons. The van der Waals surface area contributed by atoms with Crippen LogP contribution >= 0.6 is 23.1 Å². The Hall–Kier alpha value is -0.810. The van der Waals surface area contributed by atoms with E-state index in [9.17, 15) is 0 Å². The number of hydrazine groups is 1. The molecule has 0 bridgehead atoms. The minimum absolute atomic E-state index is 0.112. The van der Waals surface area contributed by atoms with E-state index < -0.39 is 0 Å². The van der Waals surface area contributed by atoms with Gasteiger partial charge >= 0.3 is 0 Å². The van der Waals surface area contributed by atoms with Crippen LogP contribution in [0.15, 0.2) is 30.3 Å². The van der Waals surface area contributed by atoms with Gasteiger partial charge in [0.05, 0.1) is 6.04 Å². The summed E-state index contributed by atoms with van der Waals surface area (Å²) in [5.41, 5.74) is 7.00. The first kappa shape index (κ1) is 13.2. The normalized spacial score (nSPS) is 16.1. The number of thiophene rings is 1. The van der Waals surface area contributed by atoms with Crippen LogP contribution in [0.4, 0.5) is 0 Å². The molecule has 3 N–H and O–H groups in total. The van der Waals surface area contributed by atoms with Gasteiger partial charge in [0.25, 0.3) is 0 Å². The first-order chi connectivity index (χ1) is 9.28. The predicted molar refractivity (Wildman–Crippen MR) is 84.5 cm³/mol. The van der Waals surface area contributed by atoms with Gasteiger partial charge < -0.3 is 0 Å². The molecule has 2 nitrogen and oxygen atoms in total. The minimum Gasteiger partial charge on any atom is -0.271 e. The predicted octanol–water partition coefficient (Wildman–Crippen LogP) is 3.40. The Kier molecular flexibility index (Phi) is 3.93. The first-order valence-electron chi connectivity index (χ1n) is 6.50. The van der Waals surface area contributed by atoms with Gasteiger partial charge in [0.15, 0.2) is 0 Å². The summed E-state index contributed by atoms with van der Waals surface area (Å²) in [4.78, 5) is 2.88. The van der Waals surface area contributed by atoms with Crippen molar-refractivity contribution in [3.8, 4) is 0 Å². The van der Waals surface area contributed by atoms with Crippen LogP contribution in [0.5, 0.6) is 0 Å². The Labute approximate surface area is 122 Å². The van der Waals surface area contributed by atoms with Crippen molar-refractivity contribution < 1.29 is 0 Å². The van der Waals surface area contributed by atoms with E-state index in [2.05, 4.69) is 42.7 Å². The average molecular weight is 290 g/mol. The van der Waals surface area contributed by atoms with Gasteiger partial charge in [0, 0.05) is 15.5 Å². The molecule has 1 atom stereocenters. The maximum absolute atomic E-state index is 5.80. The van der Waals surface area contributed by atoms with E-state index in [4.69, 9.17) is 5.84 Å². The third kappa shape index (κ3) is 2.72. The zero-order valence-electron chi connectivity index (χ0n) is 11.0. The molecule has 100 valence electrons. The summed E-state index contributed by atoms with van der Waals surface area (Å²) in [7, 11) is 0. The molecule has 0 saturated heterocycles. The average Bonchev–Trinajstić information content (AvgIpc) is 2.83. The lowest BCUT2D eigenvalue weighted by Gasteiger charge is -2.15. The monoisotopic (exact) mass is 290 g/mol. The second-order valence-electron chi connectivity index (χ2n) is 4.91. The number of benzene rings is 1. The number of fused-ring (bicyclic) bond motifs is 1. The molecule has 2 aromatic rings. The first-order valence-corrected chi connectivity index (χ1v) is 8.47. The van der Waals surface area contributed by atoms with Crippen molar-refractivity contribution in [2.24, 2.45) is 5.84 Å². The van der Waals surface area contributed by atoms with Gasteiger partial charge in [-0.2, -0.15) is 11.8 Å². The van der Waals surface area contributed by atoms with E-state index in [0.29, 0.717) is 0 Å². The molecule has 2 heterocycles. The quantitative estimate of drug-likeness (QED) is 0.672. The highest BCUT2D eigenvalue weighted by atomic mass is 32.2. The molecule has 4 heteroatoms. The van der Waals surface area contributed by atoms with Crippen LogP contribution in [0.1, 0.15) is 32.5 Å². The fourth-order valence-electron chi connectivity index (χ4n) is 2.50. The molecule has 19 heavy (non-hydrogen) atoms. The van der Waals surface area contributed by atoms with E-state index in [1.165, 1.54) is 33.7 Å². The van der Waals surface area contributed by atoms with E-state index >= 15 is 0 Å². The van der Waals surface area contributed by atoms with Crippen molar-refractivity contribution in [3.05, 3.63) is 56.8 Å². The number of thioether (sulfide) groups is 1. The van der Waals surface area contributed by atoms with Gasteiger partial charge in [-0.25, -0.2) is 5.43 Å².